The van der Waals surface area contributed by atoms with E-state index in [4.69, 9.17) is 0 Å². The Morgan fingerprint density at radius 3 is 1.40 bits per heavy atom. The lowest BCUT2D eigenvalue weighted by Crippen LogP contribution is -2.46. The lowest BCUT2D eigenvalue weighted by molar-refractivity contribution is 1.13. The first-order valence-electron chi connectivity index (χ1n) is 10.6. The summed E-state index contributed by atoms with van der Waals surface area (Å²) in [5.41, 5.74) is 12.8. The van der Waals surface area contributed by atoms with Gasteiger partial charge in [-0.05, 0) is 65.8 Å². The fourth-order valence-corrected chi connectivity index (χ4v) is 4.58. The normalized spacial score (nSPS) is 10.4. The molecule has 0 saturated carbocycles. The standard InChI is InChI=1S/C28H32BN/c1-19-15-21(3)27(22(4)16-19)29(28-23(5)17-20(2)18-24(28)6)14-13-25-9-11-26(12-10-25)30(7)8/h9-12,15-18H,1-8H3. The molecule has 0 aliphatic rings. The van der Waals surface area contributed by atoms with E-state index in [1.165, 1.54) is 50.0 Å². The molecular weight excluding hydrogens is 361 g/mol. The van der Waals surface area contributed by atoms with Crippen LogP contribution in [-0.2, 0) is 0 Å². The zero-order chi connectivity index (χ0) is 22.0. The molecule has 0 atom stereocenters. The van der Waals surface area contributed by atoms with E-state index in [0.29, 0.717) is 0 Å². The Hall–Kier alpha value is -2.92. The molecule has 0 N–H and O–H groups in total. The van der Waals surface area contributed by atoms with Gasteiger partial charge in [0.2, 0.25) is 0 Å². The third-order valence-electron chi connectivity index (χ3n) is 5.80. The van der Waals surface area contributed by atoms with E-state index in [-0.39, 0.29) is 6.71 Å². The Morgan fingerprint density at radius 2 is 1.03 bits per heavy atom. The molecule has 3 aromatic carbocycles. The summed E-state index contributed by atoms with van der Waals surface area (Å²) in [6.45, 7) is 13.3. The molecule has 3 rings (SSSR count). The fourth-order valence-electron chi connectivity index (χ4n) is 4.58. The van der Waals surface area contributed by atoms with Crippen molar-refractivity contribution in [3.05, 3.63) is 87.5 Å². The van der Waals surface area contributed by atoms with Crippen LogP contribution in [0.1, 0.15) is 38.9 Å². The molecule has 1 nitrogen and oxygen atoms in total. The molecule has 0 saturated heterocycles. The minimum atomic E-state index is 0.0553. The molecule has 0 unspecified atom stereocenters. The van der Waals surface area contributed by atoms with Crippen LogP contribution < -0.4 is 15.8 Å². The third kappa shape index (κ3) is 4.63. The maximum Gasteiger partial charge on any atom is 0.297 e. The van der Waals surface area contributed by atoms with Crippen molar-refractivity contribution in [2.75, 3.05) is 19.0 Å². The van der Waals surface area contributed by atoms with E-state index in [1.807, 2.05) is 0 Å². The van der Waals surface area contributed by atoms with Crippen molar-refractivity contribution in [1.82, 2.24) is 0 Å². The van der Waals surface area contributed by atoms with E-state index in [0.717, 1.165) is 5.56 Å². The fraction of sp³-hybridized carbons (Fsp3) is 0.286. The van der Waals surface area contributed by atoms with Gasteiger partial charge in [-0.15, -0.1) is 5.82 Å². The molecule has 0 aromatic heterocycles. The monoisotopic (exact) mass is 393 g/mol. The SMILES string of the molecule is Cc1cc(C)c(B(C#Cc2ccc(N(C)C)cc2)c2c(C)cc(C)cc2C)c(C)c1. The summed E-state index contributed by atoms with van der Waals surface area (Å²) in [7, 11) is 4.12. The van der Waals surface area contributed by atoms with E-state index in [1.54, 1.807) is 0 Å². The molecule has 2 heteroatoms. The highest BCUT2D eigenvalue weighted by Crippen LogP contribution is 2.14. The van der Waals surface area contributed by atoms with Crippen molar-refractivity contribution in [2.24, 2.45) is 0 Å². The molecule has 0 bridgehead atoms. The van der Waals surface area contributed by atoms with E-state index >= 15 is 0 Å². The van der Waals surface area contributed by atoms with Gasteiger partial charge in [-0.25, -0.2) is 0 Å². The van der Waals surface area contributed by atoms with Crippen molar-refractivity contribution in [1.29, 1.82) is 0 Å². The summed E-state index contributed by atoms with van der Waals surface area (Å²) >= 11 is 0. The van der Waals surface area contributed by atoms with Crippen molar-refractivity contribution in [3.63, 3.8) is 0 Å². The molecule has 0 spiro atoms. The predicted molar refractivity (Wildman–Crippen MR) is 134 cm³/mol. The summed E-state index contributed by atoms with van der Waals surface area (Å²) in [6.07, 6.45) is 0. The van der Waals surface area contributed by atoms with Crippen molar-refractivity contribution < 1.29 is 0 Å². The molecule has 0 aliphatic carbocycles. The molecule has 30 heavy (non-hydrogen) atoms. The molecule has 0 amide bonds. The van der Waals surface area contributed by atoms with E-state index in [9.17, 15) is 0 Å². The van der Waals surface area contributed by atoms with Crippen LogP contribution in [0.4, 0.5) is 5.69 Å². The van der Waals surface area contributed by atoms with Crippen LogP contribution in [0.15, 0.2) is 48.5 Å². The molecule has 0 fully saturated rings. The van der Waals surface area contributed by atoms with Gasteiger partial charge in [-0.1, -0.05) is 74.5 Å². The maximum absolute atomic E-state index is 3.66. The first-order chi connectivity index (χ1) is 14.2. The average molecular weight is 393 g/mol. The summed E-state index contributed by atoms with van der Waals surface area (Å²) in [6, 6.07) is 17.6. The Bertz CT molecular complexity index is 1020. The van der Waals surface area contributed by atoms with Gasteiger partial charge < -0.3 is 4.90 Å². The van der Waals surface area contributed by atoms with Gasteiger partial charge in [0.05, 0.1) is 0 Å². The maximum atomic E-state index is 3.66. The number of hydrogen-bond acceptors (Lipinski definition) is 1. The lowest BCUT2D eigenvalue weighted by atomic mass is 9.38. The first-order valence-corrected chi connectivity index (χ1v) is 10.6. The number of aryl methyl sites for hydroxylation is 6. The molecule has 152 valence electrons. The Balaban J connectivity index is 2.18. The minimum Gasteiger partial charge on any atom is -0.378 e. The second-order valence-corrected chi connectivity index (χ2v) is 8.77. The van der Waals surface area contributed by atoms with Gasteiger partial charge in [0.15, 0.2) is 0 Å². The minimum absolute atomic E-state index is 0.0553. The Kier molecular flexibility index (Phi) is 6.42. The predicted octanol–water partition coefficient (Wildman–Crippen LogP) is 4.80. The van der Waals surface area contributed by atoms with Crippen molar-refractivity contribution >= 4 is 23.3 Å². The van der Waals surface area contributed by atoms with Crippen LogP contribution in [0.2, 0.25) is 0 Å². The van der Waals surface area contributed by atoms with Crippen LogP contribution in [0.5, 0.6) is 0 Å². The quantitative estimate of drug-likeness (QED) is 0.456. The molecule has 3 aromatic rings. The van der Waals surface area contributed by atoms with E-state index in [2.05, 4.69) is 121 Å². The third-order valence-corrected chi connectivity index (χ3v) is 5.80. The van der Waals surface area contributed by atoms with Crippen LogP contribution >= 0.6 is 0 Å². The first kappa shape index (κ1) is 21.8. The van der Waals surface area contributed by atoms with Gasteiger partial charge in [-0.3, -0.25) is 0 Å². The van der Waals surface area contributed by atoms with Crippen molar-refractivity contribution in [2.45, 2.75) is 41.5 Å². The average Bonchev–Trinajstić information content (AvgIpc) is 2.64. The number of hydrogen-bond donors (Lipinski definition) is 0. The number of nitrogens with zero attached hydrogens (tertiary/aromatic N) is 1. The van der Waals surface area contributed by atoms with Gasteiger partial charge in [0.1, 0.15) is 0 Å². The Labute approximate surface area is 183 Å². The number of benzene rings is 3. The molecular formula is C28H32BN. The summed E-state index contributed by atoms with van der Waals surface area (Å²) in [5, 5.41) is 0. The Morgan fingerprint density at radius 1 is 0.633 bits per heavy atom. The molecule has 0 radical (unpaired) electrons. The van der Waals surface area contributed by atoms with Gasteiger partial charge in [0, 0.05) is 25.3 Å². The highest BCUT2D eigenvalue weighted by atomic mass is 15.1. The summed E-state index contributed by atoms with van der Waals surface area (Å²) in [4.78, 5) is 2.11. The molecule has 0 aliphatic heterocycles. The topological polar surface area (TPSA) is 3.24 Å². The van der Waals surface area contributed by atoms with Crippen LogP contribution in [0.25, 0.3) is 0 Å². The smallest absolute Gasteiger partial charge is 0.297 e. The number of rotatable bonds is 3. The van der Waals surface area contributed by atoms with Gasteiger partial charge in [0.25, 0.3) is 6.71 Å². The van der Waals surface area contributed by atoms with Crippen LogP contribution in [0, 0.1) is 53.3 Å². The lowest BCUT2D eigenvalue weighted by Gasteiger charge is -2.20. The second kappa shape index (κ2) is 8.84. The van der Waals surface area contributed by atoms with Crippen LogP contribution in [0.3, 0.4) is 0 Å². The summed E-state index contributed by atoms with van der Waals surface area (Å²) < 4.78 is 0. The zero-order valence-electron chi connectivity index (χ0n) is 19.6. The summed E-state index contributed by atoms with van der Waals surface area (Å²) in [5.74, 6) is 7.13. The largest absolute Gasteiger partial charge is 0.378 e. The highest BCUT2D eigenvalue weighted by molar-refractivity contribution is 6.92. The van der Waals surface area contributed by atoms with Crippen molar-refractivity contribution in [3.8, 4) is 11.7 Å². The van der Waals surface area contributed by atoms with Gasteiger partial charge >= 0.3 is 0 Å². The van der Waals surface area contributed by atoms with Crippen LogP contribution in [-0.4, -0.2) is 20.8 Å². The van der Waals surface area contributed by atoms with E-state index < -0.39 is 0 Å². The second-order valence-electron chi connectivity index (χ2n) is 8.77. The number of anilines is 1. The van der Waals surface area contributed by atoms with Gasteiger partial charge in [-0.2, -0.15) is 0 Å². The molecule has 0 heterocycles. The highest BCUT2D eigenvalue weighted by Gasteiger charge is 2.25. The zero-order valence-corrected chi connectivity index (χ0v) is 19.6.